The maximum Gasteiger partial charge on any atom is 0.225 e. The second-order valence-corrected chi connectivity index (χ2v) is 6.22. The Morgan fingerprint density at radius 3 is 2.77 bits per heavy atom. The lowest BCUT2D eigenvalue weighted by molar-refractivity contribution is 0.334. The third-order valence-electron chi connectivity index (χ3n) is 4.82. The van der Waals surface area contributed by atoms with Gasteiger partial charge in [-0.15, -0.1) is 0 Å². The van der Waals surface area contributed by atoms with Crippen LogP contribution in [-0.2, 0) is 6.42 Å². The predicted octanol–water partition coefficient (Wildman–Crippen LogP) is 2.71. The molecule has 4 rings (SSSR count). The second-order valence-electron chi connectivity index (χ2n) is 6.22. The summed E-state index contributed by atoms with van der Waals surface area (Å²) >= 11 is 0. The first-order valence-corrected chi connectivity index (χ1v) is 8.24. The number of aromatic nitrogens is 2. The number of nitrogens with zero attached hydrogens (tertiary/aromatic N) is 3. The molecule has 1 N–H and O–H groups in total. The third kappa shape index (κ3) is 2.73. The van der Waals surface area contributed by atoms with Crippen molar-refractivity contribution < 1.29 is 4.42 Å². The molecule has 1 saturated heterocycles. The first-order valence-electron chi connectivity index (χ1n) is 8.24. The lowest BCUT2D eigenvalue weighted by Gasteiger charge is -2.35. The molecule has 116 valence electrons. The minimum atomic E-state index is 0.465. The van der Waals surface area contributed by atoms with Crippen molar-refractivity contribution in [2.24, 2.45) is 0 Å². The quantitative estimate of drug-likeness (QED) is 0.944. The highest BCUT2D eigenvalue weighted by atomic mass is 16.3. The van der Waals surface area contributed by atoms with Gasteiger partial charge in [-0.3, -0.25) is 0 Å². The molecule has 1 aliphatic carbocycles. The fourth-order valence-electron chi connectivity index (χ4n) is 3.64. The summed E-state index contributed by atoms with van der Waals surface area (Å²) < 4.78 is 5.59. The Morgan fingerprint density at radius 1 is 1.14 bits per heavy atom. The molecule has 2 aromatic heterocycles. The zero-order valence-electron chi connectivity index (χ0n) is 12.7. The monoisotopic (exact) mass is 298 g/mol. The third-order valence-corrected chi connectivity index (χ3v) is 4.82. The largest absolute Gasteiger partial charge is 0.469 e. The van der Waals surface area contributed by atoms with E-state index in [1.54, 1.807) is 0 Å². The van der Waals surface area contributed by atoms with Gasteiger partial charge in [-0.25, -0.2) is 9.97 Å². The first-order chi connectivity index (χ1) is 10.9. The van der Waals surface area contributed by atoms with Crippen LogP contribution in [0.25, 0.3) is 0 Å². The van der Waals surface area contributed by atoms with Crippen molar-refractivity contribution in [3.05, 3.63) is 42.1 Å². The summed E-state index contributed by atoms with van der Waals surface area (Å²) in [5.41, 5.74) is 1.38. The van der Waals surface area contributed by atoms with Gasteiger partial charge in [0, 0.05) is 49.6 Å². The predicted molar refractivity (Wildman–Crippen MR) is 84.8 cm³/mol. The maximum atomic E-state index is 5.59. The molecular formula is C17H22N4O. The van der Waals surface area contributed by atoms with E-state index in [0.29, 0.717) is 12.1 Å². The number of rotatable bonds is 3. The Kier molecular flexibility index (Phi) is 3.81. The molecule has 1 atom stereocenters. The summed E-state index contributed by atoms with van der Waals surface area (Å²) in [6.45, 7) is 2.04. The van der Waals surface area contributed by atoms with Gasteiger partial charge in [0.25, 0.3) is 0 Å². The Morgan fingerprint density at radius 2 is 1.95 bits per heavy atom. The number of fused-ring (bicyclic) bond motifs is 1. The van der Waals surface area contributed by atoms with Crippen molar-refractivity contribution in [3.8, 4) is 0 Å². The van der Waals surface area contributed by atoms with Crippen LogP contribution in [0, 0.1) is 0 Å². The smallest absolute Gasteiger partial charge is 0.225 e. The van der Waals surface area contributed by atoms with Gasteiger partial charge in [-0.05, 0) is 37.8 Å². The van der Waals surface area contributed by atoms with Crippen molar-refractivity contribution in [2.45, 2.75) is 44.2 Å². The van der Waals surface area contributed by atoms with E-state index < -0.39 is 0 Å². The van der Waals surface area contributed by atoms with Gasteiger partial charge in [-0.1, -0.05) is 0 Å². The van der Waals surface area contributed by atoms with E-state index >= 15 is 0 Å². The first kappa shape index (κ1) is 13.8. The topological polar surface area (TPSA) is 54.2 Å². The number of anilines is 1. The molecule has 2 aliphatic rings. The molecule has 2 aromatic rings. The van der Waals surface area contributed by atoms with Gasteiger partial charge in [0.1, 0.15) is 5.76 Å². The van der Waals surface area contributed by atoms with E-state index in [1.807, 2.05) is 24.7 Å². The number of nitrogens with one attached hydrogen (secondary N) is 1. The summed E-state index contributed by atoms with van der Waals surface area (Å²) in [6, 6.07) is 5.04. The summed E-state index contributed by atoms with van der Waals surface area (Å²) in [7, 11) is 0. The molecule has 0 aromatic carbocycles. The zero-order chi connectivity index (χ0) is 14.8. The highest BCUT2D eigenvalue weighted by Crippen LogP contribution is 2.31. The molecule has 0 spiro atoms. The van der Waals surface area contributed by atoms with E-state index in [9.17, 15) is 0 Å². The summed E-state index contributed by atoms with van der Waals surface area (Å²) in [4.78, 5) is 11.0. The minimum absolute atomic E-state index is 0.465. The number of furan rings is 1. The highest BCUT2D eigenvalue weighted by Gasteiger charge is 2.27. The van der Waals surface area contributed by atoms with Crippen molar-refractivity contribution in [1.29, 1.82) is 0 Å². The van der Waals surface area contributed by atoms with Crippen LogP contribution < -0.4 is 10.2 Å². The van der Waals surface area contributed by atoms with Crippen molar-refractivity contribution in [3.63, 3.8) is 0 Å². The van der Waals surface area contributed by atoms with E-state index in [-0.39, 0.29) is 0 Å². The molecule has 5 nitrogen and oxygen atoms in total. The van der Waals surface area contributed by atoms with E-state index in [1.165, 1.54) is 24.2 Å². The molecule has 0 saturated carbocycles. The second kappa shape index (κ2) is 6.08. The average molecular weight is 298 g/mol. The van der Waals surface area contributed by atoms with Crippen molar-refractivity contribution in [1.82, 2.24) is 15.3 Å². The molecule has 1 aliphatic heterocycles. The van der Waals surface area contributed by atoms with Crippen LogP contribution in [0.1, 0.15) is 43.0 Å². The molecule has 3 heterocycles. The summed E-state index contributed by atoms with van der Waals surface area (Å²) in [5, 5.41) is 3.84. The number of piperidine rings is 1. The van der Waals surface area contributed by atoms with Crippen LogP contribution in [0.5, 0.6) is 0 Å². The molecule has 0 amide bonds. The minimum Gasteiger partial charge on any atom is -0.469 e. The Balaban J connectivity index is 1.35. The number of aryl methyl sites for hydroxylation is 1. The van der Waals surface area contributed by atoms with Crippen molar-refractivity contribution in [2.75, 3.05) is 18.0 Å². The average Bonchev–Trinajstić information content (AvgIpc) is 3.06. The summed E-state index contributed by atoms with van der Waals surface area (Å²) in [5.74, 6) is 2.04. The SMILES string of the molecule is c1cnc(N2CCC(N[C@H]3CCCc4occc43)CC2)nc1. The molecule has 22 heavy (non-hydrogen) atoms. The zero-order valence-corrected chi connectivity index (χ0v) is 12.7. The van der Waals surface area contributed by atoms with Crippen LogP contribution in [0.2, 0.25) is 0 Å². The highest BCUT2D eigenvalue weighted by molar-refractivity contribution is 5.29. The lowest BCUT2D eigenvalue weighted by atomic mass is 9.92. The number of hydrogen-bond acceptors (Lipinski definition) is 5. The molecule has 0 radical (unpaired) electrons. The lowest BCUT2D eigenvalue weighted by Crippen LogP contribution is -2.44. The standard InChI is InChI=1S/C17H22N4O/c1-3-15(14-7-12-22-16(14)4-1)20-13-5-10-21(11-6-13)17-18-8-2-9-19-17/h2,7-9,12-13,15,20H,1,3-6,10-11H2/t15-/m0/s1. The van der Waals surface area contributed by atoms with Crippen LogP contribution >= 0.6 is 0 Å². The van der Waals surface area contributed by atoms with E-state index in [4.69, 9.17) is 4.42 Å². The van der Waals surface area contributed by atoms with Gasteiger partial charge in [-0.2, -0.15) is 0 Å². The van der Waals surface area contributed by atoms with Gasteiger partial charge in [0.05, 0.1) is 6.26 Å². The van der Waals surface area contributed by atoms with Crippen molar-refractivity contribution >= 4 is 5.95 Å². The van der Waals surface area contributed by atoms with E-state index in [2.05, 4.69) is 26.3 Å². The molecule has 0 unspecified atom stereocenters. The van der Waals surface area contributed by atoms with Gasteiger partial charge in [0.15, 0.2) is 0 Å². The molecule has 1 fully saturated rings. The Labute approximate surface area is 130 Å². The van der Waals surface area contributed by atoms with Gasteiger partial charge < -0.3 is 14.6 Å². The van der Waals surface area contributed by atoms with E-state index in [0.717, 1.165) is 38.3 Å². The maximum absolute atomic E-state index is 5.59. The molecular weight excluding hydrogens is 276 g/mol. The van der Waals surface area contributed by atoms with Crippen LogP contribution in [0.15, 0.2) is 35.2 Å². The molecule has 5 heteroatoms. The molecule has 0 bridgehead atoms. The fourth-order valence-corrected chi connectivity index (χ4v) is 3.64. The van der Waals surface area contributed by atoms with Crippen LogP contribution in [0.4, 0.5) is 5.95 Å². The Hall–Kier alpha value is -1.88. The summed E-state index contributed by atoms with van der Waals surface area (Å²) in [6.07, 6.45) is 11.3. The van der Waals surface area contributed by atoms with Gasteiger partial charge >= 0.3 is 0 Å². The Bertz CT molecular complexity index is 604. The normalized spacial score (nSPS) is 22.5. The van der Waals surface area contributed by atoms with Crippen LogP contribution in [-0.4, -0.2) is 29.1 Å². The fraction of sp³-hybridized carbons (Fsp3) is 0.529. The van der Waals surface area contributed by atoms with Crippen LogP contribution in [0.3, 0.4) is 0 Å². The number of hydrogen-bond donors (Lipinski definition) is 1. The van der Waals surface area contributed by atoms with Gasteiger partial charge in [0.2, 0.25) is 5.95 Å².